The van der Waals surface area contributed by atoms with Gasteiger partial charge in [0, 0.05) is 27.7 Å². The monoisotopic (exact) mass is 544 g/mol. The first-order chi connectivity index (χ1) is 19.3. The van der Waals surface area contributed by atoms with Gasteiger partial charge in [0.05, 0.1) is 33.5 Å². The lowest BCUT2D eigenvalue weighted by atomic mass is 10.1. The lowest BCUT2D eigenvalue weighted by molar-refractivity contribution is 0.0983. The summed E-state index contributed by atoms with van der Waals surface area (Å²) < 4.78 is 22.9. The summed E-state index contributed by atoms with van der Waals surface area (Å²) in [5.41, 5.74) is 3.82. The Morgan fingerprint density at radius 1 is 0.850 bits per heavy atom. The predicted molar refractivity (Wildman–Crippen MR) is 157 cm³/mol. The average Bonchev–Trinajstić information content (AvgIpc) is 2.94. The van der Waals surface area contributed by atoms with Gasteiger partial charge in [0.1, 0.15) is 5.75 Å². The molecule has 0 bridgehead atoms. The van der Waals surface area contributed by atoms with E-state index in [-0.39, 0.29) is 18.0 Å². The van der Waals surface area contributed by atoms with Crippen molar-refractivity contribution in [3.8, 4) is 23.0 Å². The Bertz CT molecular complexity index is 1550. The fourth-order valence-electron chi connectivity index (χ4n) is 4.59. The second-order valence-electron chi connectivity index (χ2n) is 9.36. The van der Waals surface area contributed by atoms with Crippen molar-refractivity contribution in [2.24, 2.45) is 0 Å². The summed E-state index contributed by atoms with van der Waals surface area (Å²) >= 11 is 0. The summed E-state index contributed by atoms with van der Waals surface area (Å²) in [4.78, 5) is 32.1. The molecule has 1 N–H and O–H groups in total. The van der Waals surface area contributed by atoms with Crippen LogP contribution in [0.5, 0.6) is 23.0 Å². The molecule has 1 amide bonds. The van der Waals surface area contributed by atoms with Gasteiger partial charge in [-0.15, -0.1) is 0 Å². The number of nitrogens with one attached hydrogen (secondary N) is 1. The topological polar surface area (TPSA) is 90.1 Å². The minimum Gasteiger partial charge on any atom is -0.497 e. The maximum Gasteiger partial charge on any atom is 0.258 e. The van der Waals surface area contributed by atoms with E-state index in [1.54, 1.807) is 42.3 Å². The molecule has 4 aromatic rings. The summed E-state index contributed by atoms with van der Waals surface area (Å²) in [5.74, 6) is 1.68. The third-order valence-electron chi connectivity index (χ3n) is 6.51. The van der Waals surface area contributed by atoms with E-state index in [1.165, 1.54) is 0 Å². The molecule has 0 saturated carbocycles. The van der Waals surface area contributed by atoms with Gasteiger partial charge < -0.3 is 28.8 Å². The molecule has 3 aromatic carbocycles. The van der Waals surface area contributed by atoms with Crippen LogP contribution in [0.4, 0.5) is 5.69 Å². The zero-order valence-electron chi connectivity index (χ0n) is 23.9. The molecule has 0 spiro atoms. The summed E-state index contributed by atoms with van der Waals surface area (Å²) in [5, 5.41) is 0.806. The van der Waals surface area contributed by atoms with E-state index in [1.807, 2.05) is 58.9 Å². The largest absolute Gasteiger partial charge is 0.497 e. The molecular formula is C32H36N2O6. The average molecular weight is 545 g/mol. The maximum atomic E-state index is 14.3. The number of aromatic nitrogens is 1. The Kier molecular flexibility index (Phi) is 8.99. The molecule has 1 aromatic heterocycles. The molecule has 0 aliphatic carbocycles. The molecule has 0 saturated heterocycles. The molecule has 0 fully saturated rings. The van der Waals surface area contributed by atoms with Crippen LogP contribution in [-0.4, -0.2) is 37.8 Å². The van der Waals surface area contributed by atoms with Gasteiger partial charge in [-0.1, -0.05) is 12.1 Å². The predicted octanol–water partition coefficient (Wildman–Crippen LogP) is 6.20. The van der Waals surface area contributed by atoms with Gasteiger partial charge in [-0.2, -0.15) is 0 Å². The number of pyridine rings is 1. The Morgan fingerprint density at radius 2 is 1.52 bits per heavy atom. The molecule has 1 heterocycles. The number of benzene rings is 3. The molecule has 0 radical (unpaired) electrons. The van der Waals surface area contributed by atoms with E-state index in [2.05, 4.69) is 4.98 Å². The van der Waals surface area contributed by atoms with E-state index in [4.69, 9.17) is 18.9 Å². The number of carbonyl (C=O) groups excluding carboxylic acids is 1. The standard InChI is InChI=1S/C32H36N2O6/c1-7-38-28-17-23(18-29(39-8-2)30(28)40-9-3)32(36)34(27-14-20(4)10-11-21(27)5)19-24-15-22-16-25(37-6)12-13-26(22)33-31(24)35/h10-18H,7-9,19H2,1-6H3,(H,33,35). The van der Waals surface area contributed by atoms with Crippen LogP contribution in [0.2, 0.25) is 0 Å². The van der Waals surface area contributed by atoms with Crippen LogP contribution in [0.3, 0.4) is 0 Å². The first-order valence-corrected chi connectivity index (χ1v) is 13.4. The number of ether oxygens (including phenoxy) is 4. The molecule has 4 rings (SSSR count). The van der Waals surface area contributed by atoms with Crippen molar-refractivity contribution in [3.63, 3.8) is 0 Å². The third kappa shape index (κ3) is 6.06. The van der Waals surface area contributed by atoms with E-state index >= 15 is 0 Å². The molecule has 0 aliphatic heterocycles. The minimum atomic E-state index is -0.302. The molecule has 0 atom stereocenters. The smallest absolute Gasteiger partial charge is 0.258 e. The van der Waals surface area contributed by atoms with Crippen molar-refractivity contribution >= 4 is 22.5 Å². The Labute approximate surface area is 234 Å². The highest BCUT2D eigenvalue weighted by Gasteiger charge is 2.25. The minimum absolute atomic E-state index is 0.0484. The molecule has 8 heteroatoms. The first kappa shape index (κ1) is 28.5. The van der Waals surface area contributed by atoms with Crippen LogP contribution >= 0.6 is 0 Å². The highest BCUT2D eigenvalue weighted by Crippen LogP contribution is 2.40. The lowest BCUT2D eigenvalue weighted by Crippen LogP contribution is -2.33. The van der Waals surface area contributed by atoms with Crippen LogP contribution in [0.25, 0.3) is 10.9 Å². The van der Waals surface area contributed by atoms with E-state index in [0.717, 1.165) is 16.5 Å². The van der Waals surface area contributed by atoms with E-state index in [0.29, 0.717) is 65.1 Å². The second kappa shape index (κ2) is 12.6. The van der Waals surface area contributed by atoms with Crippen molar-refractivity contribution in [1.82, 2.24) is 4.98 Å². The van der Waals surface area contributed by atoms with Gasteiger partial charge in [0.2, 0.25) is 5.75 Å². The van der Waals surface area contributed by atoms with Crippen LogP contribution < -0.4 is 29.4 Å². The fraction of sp³-hybridized carbons (Fsp3) is 0.312. The van der Waals surface area contributed by atoms with Crippen molar-refractivity contribution in [3.05, 3.63) is 87.2 Å². The summed E-state index contributed by atoms with van der Waals surface area (Å²) in [6.07, 6.45) is 0. The Hall–Kier alpha value is -4.46. The lowest BCUT2D eigenvalue weighted by Gasteiger charge is -2.26. The third-order valence-corrected chi connectivity index (χ3v) is 6.51. The number of rotatable bonds is 11. The van der Waals surface area contributed by atoms with Crippen LogP contribution in [0, 0.1) is 13.8 Å². The number of anilines is 1. The summed E-state index contributed by atoms with van der Waals surface area (Å²) in [6, 6.07) is 16.5. The summed E-state index contributed by atoms with van der Waals surface area (Å²) in [6.45, 7) is 10.8. The first-order valence-electron chi connectivity index (χ1n) is 13.4. The zero-order valence-corrected chi connectivity index (χ0v) is 23.9. The quantitative estimate of drug-likeness (QED) is 0.242. The van der Waals surface area contributed by atoms with E-state index < -0.39 is 0 Å². The van der Waals surface area contributed by atoms with Crippen LogP contribution in [0.1, 0.15) is 47.8 Å². The van der Waals surface area contributed by atoms with Crippen molar-refractivity contribution in [2.75, 3.05) is 31.8 Å². The second-order valence-corrected chi connectivity index (χ2v) is 9.36. The molecule has 8 nitrogen and oxygen atoms in total. The SMILES string of the molecule is CCOc1cc(C(=O)N(Cc2cc3cc(OC)ccc3[nH]c2=O)c2cc(C)ccc2C)cc(OCC)c1OCC. The number of H-pyrrole nitrogens is 1. The Morgan fingerprint density at radius 3 is 2.15 bits per heavy atom. The van der Waals surface area contributed by atoms with Gasteiger partial charge in [-0.05, 0) is 88.2 Å². The number of nitrogens with zero attached hydrogens (tertiary/aromatic N) is 1. The van der Waals surface area contributed by atoms with Gasteiger partial charge in [-0.3, -0.25) is 9.59 Å². The van der Waals surface area contributed by atoms with E-state index in [9.17, 15) is 9.59 Å². The van der Waals surface area contributed by atoms with Crippen LogP contribution in [-0.2, 0) is 6.54 Å². The molecule has 0 aliphatic rings. The van der Waals surface area contributed by atoms with Crippen molar-refractivity contribution in [1.29, 1.82) is 0 Å². The number of hydrogen-bond donors (Lipinski definition) is 1. The van der Waals surface area contributed by atoms with Gasteiger partial charge >= 0.3 is 0 Å². The number of methoxy groups -OCH3 is 1. The molecule has 40 heavy (non-hydrogen) atoms. The number of hydrogen-bond acceptors (Lipinski definition) is 6. The molecular weight excluding hydrogens is 508 g/mol. The van der Waals surface area contributed by atoms with Crippen molar-refractivity contribution in [2.45, 2.75) is 41.2 Å². The highest BCUT2D eigenvalue weighted by molar-refractivity contribution is 6.07. The maximum absolute atomic E-state index is 14.3. The Balaban J connectivity index is 1.87. The number of aryl methyl sites for hydroxylation is 2. The zero-order chi connectivity index (χ0) is 28.8. The fourth-order valence-corrected chi connectivity index (χ4v) is 4.59. The highest BCUT2D eigenvalue weighted by atomic mass is 16.5. The number of amides is 1. The normalized spacial score (nSPS) is 10.8. The van der Waals surface area contributed by atoms with Crippen LogP contribution in [0.15, 0.2) is 59.4 Å². The molecule has 0 unspecified atom stereocenters. The summed E-state index contributed by atoms with van der Waals surface area (Å²) in [7, 11) is 1.60. The number of aromatic amines is 1. The number of carbonyl (C=O) groups is 1. The number of fused-ring (bicyclic) bond motifs is 1. The molecule has 210 valence electrons. The van der Waals surface area contributed by atoms with Crippen molar-refractivity contribution < 1.29 is 23.7 Å². The van der Waals surface area contributed by atoms with Gasteiger partial charge in [0.15, 0.2) is 11.5 Å². The van der Waals surface area contributed by atoms with Gasteiger partial charge in [-0.25, -0.2) is 0 Å². The van der Waals surface area contributed by atoms with Gasteiger partial charge in [0.25, 0.3) is 11.5 Å².